The zero-order chi connectivity index (χ0) is 7.98. The molecule has 58 valence electrons. The summed E-state index contributed by atoms with van der Waals surface area (Å²) in [6.07, 6.45) is -0.672. The lowest BCUT2D eigenvalue weighted by Crippen LogP contribution is -2.31. The monoisotopic (exact) mass is 146 g/mol. The van der Waals surface area contributed by atoms with Crippen molar-refractivity contribution in [3.05, 3.63) is 0 Å². The molecule has 0 aliphatic carbocycles. The van der Waals surface area contributed by atoms with Gasteiger partial charge in [-0.1, -0.05) is 0 Å². The second kappa shape index (κ2) is 4.60. The molecule has 0 aromatic rings. The second-order valence-corrected chi connectivity index (χ2v) is 1.38. The SMILES string of the molecule is CCOC(=O)NC(=N)OC. The smallest absolute Gasteiger partial charge is 0.415 e. The van der Waals surface area contributed by atoms with Crippen molar-refractivity contribution in [1.82, 2.24) is 5.32 Å². The molecular formula is C5H10N2O3. The van der Waals surface area contributed by atoms with Crippen molar-refractivity contribution >= 4 is 12.1 Å². The molecule has 0 unspecified atom stereocenters. The molecule has 10 heavy (non-hydrogen) atoms. The van der Waals surface area contributed by atoms with Crippen LogP contribution in [0.3, 0.4) is 0 Å². The highest BCUT2D eigenvalue weighted by atomic mass is 16.6. The molecule has 5 heteroatoms. The van der Waals surface area contributed by atoms with Crippen LogP contribution < -0.4 is 5.32 Å². The molecule has 1 amide bonds. The first kappa shape index (κ1) is 8.74. The Hall–Kier alpha value is -1.26. The summed E-state index contributed by atoms with van der Waals surface area (Å²) in [5.41, 5.74) is 0. The van der Waals surface area contributed by atoms with E-state index in [1.807, 2.05) is 5.32 Å². The maximum absolute atomic E-state index is 10.5. The van der Waals surface area contributed by atoms with Crippen molar-refractivity contribution < 1.29 is 14.3 Å². The number of amidine groups is 1. The van der Waals surface area contributed by atoms with Crippen LogP contribution >= 0.6 is 0 Å². The van der Waals surface area contributed by atoms with Crippen LogP contribution in [0.1, 0.15) is 6.92 Å². The third kappa shape index (κ3) is 3.71. The lowest BCUT2D eigenvalue weighted by Gasteiger charge is -2.03. The van der Waals surface area contributed by atoms with Gasteiger partial charge in [0.05, 0.1) is 13.7 Å². The number of hydrogen-bond acceptors (Lipinski definition) is 4. The van der Waals surface area contributed by atoms with Gasteiger partial charge in [0.25, 0.3) is 6.02 Å². The summed E-state index contributed by atoms with van der Waals surface area (Å²) in [6.45, 7) is 1.96. The van der Waals surface area contributed by atoms with Crippen molar-refractivity contribution in [3.8, 4) is 0 Å². The lowest BCUT2D eigenvalue weighted by molar-refractivity contribution is 0.155. The predicted octanol–water partition coefficient (Wildman–Crippen LogP) is 0.314. The van der Waals surface area contributed by atoms with E-state index in [1.165, 1.54) is 7.11 Å². The maximum Gasteiger partial charge on any atom is 0.415 e. The van der Waals surface area contributed by atoms with E-state index in [4.69, 9.17) is 5.41 Å². The van der Waals surface area contributed by atoms with E-state index in [-0.39, 0.29) is 12.6 Å². The van der Waals surface area contributed by atoms with Crippen LogP contribution in [0.4, 0.5) is 4.79 Å². The van der Waals surface area contributed by atoms with Gasteiger partial charge in [0.2, 0.25) is 0 Å². The van der Waals surface area contributed by atoms with Crippen molar-refractivity contribution in [1.29, 1.82) is 5.41 Å². The standard InChI is InChI=1S/C5H10N2O3/c1-3-10-5(8)7-4(6)9-2/h3H2,1-2H3,(H2,6,7,8). The second-order valence-electron chi connectivity index (χ2n) is 1.38. The molecule has 0 aliphatic rings. The van der Waals surface area contributed by atoms with Gasteiger partial charge in [0, 0.05) is 0 Å². The molecule has 0 atom stereocenters. The third-order valence-corrected chi connectivity index (χ3v) is 0.695. The van der Waals surface area contributed by atoms with Gasteiger partial charge >= 0.3 is 6.09 Å². The quantitative estimate of drug-likeness (QED) is 0.413. The first-order valence-corrected chi connectivity index (χ1v) is 2.77. The zero-order valence-corrected chi connectivity index (χ0v) is 5.93. The summed E-state index contributed by atoms with van der Waals surface area (Å²) in [4.78, 5) is 10.5. The number of rotatable bonds is 1. The predicted molar refractivity (Wildman–Crippen MR) is 34.9 cm³/mol. The lowest BCUT2D eigenvalue weighted by atomic mass is 10.8. The van der Waals surface area contributed by atoms with E-state index in [0.29, 0.717) is 0 Å². The van der Waals surface area contributed by atoms with Gasteiger partial charge in [-0.05, 0) is 6.92 Å². The van der Waals surface area contributed by atoms with Gasteiger partial charge in [-0.15, -0.1) is 0 Å². The summed E-state index contributed by atoms with van der Waals surface area (Å²) in [7, 11) is 1.29. The van der Waals surface area contributed by atoms with Crippen LogP contribution in [-0.2, 0) is 9.47 Å². The number of ether oxygens (including phenoxy) is 2. The molecular weight excluding hydrogens is 136 g/mol. The Morgan fingerprint density at radius 2 is 2.30 bits per heavy atom. The number of carbonyl (C=O) groups is 1. The van der Waals surface area contributed by atoms with Crippen molar-refractivity contribution in [2.75, 3.05) is 13.7 Å². The zero-order valence-electron chi connectivity index (χ0n) is 5.93. The molecule has 0 aromatic carbocycles. The molecule has 0 rings (SSSR count). The minimum Gasteiger partial charge on any atom is -0.468 e. The van der Waals surface area contributed by atoms with Gasteiger partial charge in [-0.3, -0.25) is 5.41 Å². The fourth-order valence-electron chi connectivity index (χ4n) is 0.311. The average Bonchev–Trinajstić information content (AvgIpc) is 1.88. The summed E-state index contributed by atoms with van der Waals surface area (Å²) >= 11 is 0. The molecule has 0 saturated heterocycles. The van der Waals surface area contributed by atoms with Crippen LogP contribution in [0.5, 0.6) is 0 Å². The van der Waals surface area contributed by atoms with Crippen LogP contribution in [0.25, 0.3) is 0 Å². The fourth-order valence-corrected chi connectivity index (χ4v) is 0.311. The first-order valence-electron chi connectivity index (χ1n) is 2.77. The molecule has 5 nitrogen and oxygen atoms in total. The Labute approximate surface area is 58.8 Å². The summed E-state index contributed by atoms with van der Waals surface area (Å²) in [5, 5.41) is 8.84. The fraction of sp³-hybridized carbons (Fsp3) is 0.600. The Morgan fingerprint density at radius 1 is 1.70 bits per heavy atom. The Morgan fingerprint density at radius 3 is 2.70 bits per heavy atom. The van der Waals surface area contributed by atoms with Crippen LogP contribution in [0, 0.1) is 5.41 Å². The molecule has 0 aliphatic heterocycles. The normalized spacial score (nSPS) is 8.20. The summed E-state index contributed by atoms with van der Waals surface area (Å²) in [6, 6.07) is -0.321. The highest BCUT2D eigenvalue weighted by Gasteiger charge is 2.02. The minimum atomic E-state index is -0.672. The molecule has 0 spiro atoms. The summed E-state index contributed by atoms with van der Waals surface area (Å²) in [5.74, 6) is 0. The molecule has 0 aromatic heterocycles. The summed E-state index contributed by atoms with van der Waals surface area (Å²) < 4.78 is 8.78. The molecule has 0 heterocycles. The van der Waals surface area contributed by atoms with Gasteiger partial charge in [-0.25, -0.2) is 10.1 Å². The Balaban J connectivity index is 3.47. The Bertz CT molecular complexity index is 135. The van der Waals surface area contributed by atoms with Gasteiger partial charge in [-0.2, -0.15) is 0 Å². The van der Waals surface area contributed by atoms with E-state index in [2.05, 4.69) is 9.47 Å². The van der Waals surface area contributed by atoms with Crippen LogP contribution in [0.15, 0.2) is 0 Å². The number of carbonyl (C=O) groups excluding carboxylic acids is 1. The van der Waals surface area contributed by atoms with Crippen molar-refractivity contribution in [2.24, 2.45) is 0 Å². The van der Waals surface area contributed by atoms with Gasteiger partial charge in [0.1, 0.15) is 0 Å². The third-order valence-electron chi connectivity index (χ3n) is 0.695. The maximum atomic E-state index is 10.5. The van der Waals surface area contributed by atoms with E-state index in [0.717, 1.165) is 0 Å². The number of amides is 1. The molecule has 0 fully saturated rings. The molecule has 2 N–H and O–H groups in total. The van der Waals surface area contributed by atoms with Crippen LogP contribution in [0.2, 0.25) is 0 Å². The van der Waals surface area contributed by atoms with Gasteiger partial charge in [0.15, 0.2) is 0 Å². The van der Waals surface area contributed by atoms with E-state index in [9.17, 15) is 4.79 Å². The highest BCUT2D eigenvalue weighted by Crippen LogP contribution is 1.76. The first-order chi connectivity index (χ1) is 4.70. The molecule has 0 radical (unpaired) electrons. The van der Waals surface area contributed by atoms with E-state index >= 15 is 0 Å². The van der Waals surface area contributed by atoms with Gasteiger partial charge < -0.3 is 9.47 Å². The van der Waals surface area contributed by atoms with E-state index in [1.54, 1.807) is 6.92 Å². The highest BCUT2D eigenvalue weighted by molar-refractivity contribution is 5.88. The van der Waals surface area contributed by atoms with Crippen molar-refractivity contribution in [2.45, 2.75) is 6.92 Å². The molecule has 0 bridgehead atoms. The average molecular weight is 146 g/mol. The largest absolute Gasteiger partial charge is 0.468 e. The Kier molecular flexibility index (Phi) is 4.02. The molecule has 0 saturated carbocycles. The topological polar surface area (TPSA) is 71.4 Å². The number of hydrogen-bond donors (Lipinski definition) is 2. The number of methoxy groups -OCH3 is 1. The minimum absolute atomic E-state index is 0.281. The number of alkyl carbamates (subject to hydrolysis) is 1. The van der Waals surface area contributed by atoms with Crippen molar-refractivity contribution in [3.63, 3.8) is 0 Å². The van der Waals surface area contributed by atoms with Crippen LogP contribution in [-0.4, -0.2) is 25.8 Å². The number of nitrogens with one attached hydrogen (secondary N) is 2. The van der Waals surface area contributed by atoms with E-state index < -0.39 is 6.09 Å².